The number of nitrogens with zero attached hydrogens (tertiary/aromatic N) is 2. The van der Waals surface area contributed by atoms with E-state index in [2.05, 4.69) is 34.5 Å². The van der Waals surface area contributed by atoms with Crippen LogP contribution in [-0.4, -0.2) is 47.9 Å². The van der Waals surface area contributed by atoms with Gasteiger partial charge in [-0.1, -0.05) is 12.1 Å². The molecule has 2 aliphatic heterocycles. The molecule has 2 aliphatic rings. The summed E-state index contributed by atoms with van der Waals surface area (Å²) in [6, 6.07) is 9.77. The maximum Gasteiger partial charge on any atom is 0.219 e. The standard InChI is InChI=1S/C17H25N3O/c1-13(21)19(2)12-14-5-3-6-15(11-14)18-16-8-10-20-9-4-7-17(16)20/h3,5-6,11,16-18H,4,7-10,12H2,1-2H3. The highest BCUT2D eigenvalue weighted by atomic mass is 16.2. The summed E-state index contributed by atoms with van der Waals surface area (Å²) in [7, 11) is 1.84. The molecule has 1 aromatic rings. The summed E-state index contributed by atoms with van der Waals surface area (Å²) in [5, 5.41) is 3.71. The summed E-state index contributed by atoms with van der Waals surface area (Å²) in [5.41, 5.74) is 2.36. The van der Waals surface area contributed by atoms with Crippen molar-refractivity contribution in [2.75, 3.05) is 25.5 Å². The molecule has 1 aromatic carbocycles. The van der Waals surface area contributed by atoms with Crippen molar-refractivity contribution in [3.8, 4) is 0 Å². The molecule has 0 bridgehead atoms. The summed E-state index contributed by atoms with van der Waals surface area (Å²) in [6.45, 7) is 4.78. The number of benzene rings is 1. The van der Waals surface area contributed by atoms with Gasteiger partial charge in [-0.3, -0.25) is 9.69 Å². The third-order valence-electron chi connectivity index (χ3n) is 4.84. The first-order valence-electron chi connectivity index (χ1n) is 7.95. The third kappa shape index (κ3) is 3.21. The number of carbonyl (C=O) groups excluding carboxylic acids is 1. The Morgan fingerprint density at radius 1 is 1.38 bits per heavy atom. The molecule has 4 heteroatoms. The van der Waals surface area contributed by atoms with E-state index in [1.54, 1.807) is 11.8 Å². The number of carbonyl (C=O) groups is 1. The molecule has 1 N–H and O–H groups in total. The van der Waals surface area contributed by atoms with Gasteiger partial charge in [0, 0.05) is 44.8 Å². The van der Waals surface area contributed by atoms with Gasteiger partial charge in [-0.25, -0.2) is 0 Å². The Balaban J connectivity index is 1.64. The van der Waals surface area contributed by atoms with Crippen LogP contribution in [0.1, 0.15) is 31.7 Å². The van der Waals surface area contributed by atoms with Gasteiger partial charge in [0.25, 0.3) is 0 Å². The molecule has 2 unspecified atom stereocenters. The predicted octanol–water partition coefficient (Wildman–Crippen LogP) is 2.31. The zero-order valence-electron chi connectivity index (χ0n) is 13.0. The Bertz CT molecular complexity index is 517. The first-order valence-corrected chi connectivity index (χ1v) is 7.95. The van der Waals surface area contributed by atoms with Crippen molar-refractivity contribution in [2.24, 2.45) is 0 Å². The maximum atomic E-state index is 11.3. The van der Waals surface area contributed by atoms with E-state index in [0.717, 1.165) is 0 Å². The quantitative estimate of drug-likeness (QED) is 0.923. The molecule has 0 aliphatic carbocycles. The number of hydrogen-bond acceptors (Lipinski definition) is 3. The van der Waals surface area contributed by atoms with Crippen molar-refractivity contribution in [3.05, 3.63) is 29.8 Å². The second-order valence-electron chi connectivity index (χ2n) is 6.36. The topological polar surface area (TPSA) is 35.6 Å². The van der Waals surface area contributed by atoms with Crippen LogP contribution in [0.3, 0.4) is 0 Å². The highest BCUT2D eigenvalue weighted by Gasteiger charge is 2.36. The molecule has 114 valence electrons. The van der Waals surface area contributed by atoms with E-state index in [4.69, 9.17) is 0 Å². The normalized spacial score (nSPS) is 24.9. The average molecular weight is 287 g/mol. The first-order chi connectivity index (χ1) is 10.1. The fourth-order valence-corrected chi connectivity index (χ4v) is 3.61. The lowest BCUT2D eigenvalue weighted by atomic mass is 10.1. The van der Waals surface area contributed by atoms with Gasteiger partial charge >= 0.3 is 0 Å². The summed E-state index contributed by atoms with van der Waals surface area (Å²) in [5.74, 6) is 0.103. The zero-order valence-corrected chi connectivity index (χ0v) is 13.0. The number of anilines is 1. The van der Waals surface area contributed by atoms with Crippen molar-refractivity contribution in [1.82, 2.24) is 9.80 Å². The summed E-state index contributed by atoms with van der Waals surface area (Å²) in [4.78, 5) is 15.7. The van der Waals surface area contributed by atoms with Crippen LogP contribution in [0.15, 0.2) is 24.3 Å². The smallest absolute Gasteiger partial charge is 0.219 e. The summed E-state index contributed by atoms with van der Waals surface area (Å²) in [6.07, 6.45) is 3.90. The number of rotatable bonds is 4. The molecule has 3 rings (SSSR count). The average Bonchev–Trinajstić information content (AvgIpc) is 3.04. The maximum absolute atomic E-state index is 11.3. The van der Waals surface area contributed by atoms with E-state index in [1.165, 1.54) is 43.6 Å². The number of fused-ring (bicyclic) bond motifs is 1. The van der Waals surface area contributed by atoms with Crippen molar-refractivity contribution < 1.29 is 4.79 Å². The molecule has 2 heterocycles. The van der Waals surface area contributed by atoms with E-state index in [-0.39, 0.29) is 5.91 Å². The second kappa shape index (κ2) is 6.06. The van der Waals surface area contributed by atoms with Gasteiger partial charge in [0.2, 0.25) is 5.91 Å². The fourth-order valence-electron chi connectivity index (χ4n) is 3.61. The third-order valence-corrected chi connectivity index (χ3v) is 4.84. The Labute approximate surface area is 127 Å². The largest absolute Gasteiger partial charge is 0.381 e. The van der Waals surface area contributed by atoms with Crippen LogP contribution in [0.2, 0.25) is 0 Å². The van der Waals surface area contributed by atoms with Crippen molar-refractivity contribution in [2.45, 2.75) is 44.8 Å². The lowest BCUT2D eigenvalue weighted by Crippen LogP contribution is -2.33. The highest BCUT2D eigenvalue weighted by Crippen LogP contribution is 2.30. The van der Waals surface area contributed by atoms with Crippen LogP contribution < -0.4 is 5.32 Å². The summed E-state index contributed by atoms with van der Waals surface area (Å²) < 4.78 is 0. The first kappa shape index (κ1) is 14.4. The Morgan fingerprint density at radius 2 is 2.24 bits per heavy atom. The molecule has 0 radical (unpaired) electrons. The molecule has 0 aromatic heterocycles. The van der Waals surface area contributed by atoms with Crippen molar-refractivity contribution >= 4 is 11.6 Å². The van der Waals surface area contributed by atoms with E-state index < -0.39 is 0 Å². The lowest BCUT2D eigenvalue weighted by molar-refractivity contribution is -0.128. The Hall–Kier alpha value is -1.55. The fraction of sp³-hybridized carbons (Fsp3) is 0.588. The molecule has 21 heavy (non-hydrogen) atoms. The molecule has 2 atom stereocenters. The minimum Gasteiger partial charge on any atom is -0.381 e. The van der Waals surface area contributed by atoms with Gasteiger partial charge < -0.3 is 10.2 Å². The van der Waals surface area contributed by atoms with Gasteiger partial charge in [-0.05, 0) is 43.5 Å². The number of nitrogens with one attached hydrogen (secondary N) is 1. The predicted molar refractivity (Wildman–Crippen MR) is 85.2 cm³/mol. The monoisotopic (exact) mass is 287 g/mol. The van der Waals surface area contributed by atoms with Crippen molar-refractivity contribution in [3.63, 3.8) is 0 Å². The molecule has 1 amide bonds. The van der Waals surface area contributed by atoms with Crippen LogP contribution in [0.25, 0.3) is 0 Å². The molecule has 4 nitrogen and oxygen atoms in total. The van der Waals surface area contributed by atoms with Crippen LogP contribution in [0, 0.1) is 0 Å². The highest BCUT2D eigenvalue weighted by molar-refractivity contribution is 5.72. The minimum absolute atomic E-state index is 0.103. The molecule has 2 saturated heterocycles. The van der Waals surface area contributed by atoms with Crippen LogP contribution >= 0.6 is 0 Å². The van der Waals surface area contributed by atoms with E-state index in [0.29, 0.717) is 18.6 Å². The SMILES string of the molecule is CC(=O)N(C)Cc1cccc(NC2CCN3CCCC23)c1. The molecule has 2 fully saturated rings. The lowest BCUT2D eigenvalue weighted by Gasteiger charge is -2.23. The molecular formula is C17H25N3O. The number of hydrogen-bond donors (Lipinski definition) is 1. The van der Waals surface area contributed by atoms with Gasteiger partial charge in [0.1, 0.15) is 0 Å². The number of amides is 1. The zero-order chi connectivity index (χ0) is 14.8. The van der Waals surface area contributed by atoms with E-state index in [9.17, 15) is 4.79 Å². The molecule has 0 saturated carbocycles. The van der Waals surface area contributed by atoms with Gasteiger partial charge in [-0.2, -0.15) is 0 Å². The van der Waals surface area contributed by atoms with E-state index in [1.807, 2.05) is 7.05 Å². The Kier molecular flexibility index (Phi) is 4.15. The van der Waals surface area contributed by atoms with Crippen molar-refractivity contribution in [1.29, 1.82) is 0 Å². The Morgan fingerprint density at radius 3 is 3.05 bits per heavy atom. The second-order valence-corrected chi connectivity index (χ2v) is 6.36. The van der Waals surface area contributed by atoms with Gasteiger partial charge in [0.15, 0.2) is 0 Å². The summed E-state index contributed by atoms with van der Waals surface area (Å²) >= 11 is 0. The minimum atomic E-state index is 0.103. The van der Waals surface area contributed by atoms with Crippen LogP contribution in [0.4, 0.5) is 5.69 Å². The molecule has 0 spiro atoms. The van der Waals surface area contributed by atoms with Gasteiger partial charge in [-0.15, -0.1) is 0 Å². The molecular weight excluding hydrogens is 262 g/mol. The van der Waals surface area contributed by atoms with Crippen LogP contribution in [-0.2, 0) is 11.3 Å². The van der Waals surface area contributed by atoms with E-state index >= 15 is 0 Å². The van der Waals surface area contributed by atoms with Crippen LogP contribution in [0.5, 0.6) is 0 Å². The van der Waals surface area contributed by atoms with Gasteiger partial charge in [0.05, 0.1) is 0 Å².